The highest BCUT2D eigenvalue weighted by molar-refractivity contribution is 7.98. The van der Waals surface area contributed by atoms with Crippen LogP contribution in [0.4, 0.5) is 5.00 Å². The van der Waals surface area contributed by atoms with E-state index in [1.807, 2.05) is 24.5 Å². The number of thioether (sulfide) groups is 1. The lowest BCUT2D eigenvalue weighted by Crippen LogP contribution is -2.15. The summed E-state index contributed by atoms with van der Waals surface area (Å²) in [6.07, 6.45) is 5.96. The summed E-state index contributed by atoms with van der Waals surface area (Å²) in [5, 5.41) is 3.55. The summed E-state index contributed by atoms with van der Waals surface area (Å²) in [4.78, 5) is 27.0. The Kier molecular flexibility index (Phi) is 5.26. The molecule has 0 fully saturated rings. The van der Waals surface area contributed by atoms with Gasteiger partial charge in [-0.1, -0.05) is 12.1 Å². The molecule has 1 aromatic carbocycles. The summed E-state index contributed by atoms with van der Waals surface area (Å²) in [7, 11) is 1.38. The Balaban J connectivity index is 1.96. The van der Waals surface area contributed by atoms with E-state index in [1.165, 1.54) is 35.1 Å². The van der Waals surface area contributed by atoms with Gasteiger partial charge in [-0.3, -0.25) is 4.79 Å². The van der Waals surface area contributed by atoms with Crippen LogP contribution >= 0.6 is 23.1 Å². The van der Waals surface area contributed by atoms with E-state index in [2.05, 4.69) is 5.32 Å². The molecule has 1 N–H and O–H groups in total. The van der Waals surface area contributed by atoms with Crippen LogP contribution in [-0.4, -0.2) is 25.2 Å². The molecule has 1 aromatic heterocycles. The topological polar surface area (TPSA) is 55.4 Å². The van der Waals surface area contributed by atoms with Crippen LogP contribution in [0, 0.1) is 0 Å². The van der Waals surface area contributed by atoms with Crippen LogP contribution in [0.15, 0.2) is 29.2 Å². The van der Waals surface area contributed by atoms with E-state index in [-0.39, 0.29) is 11.9 Å². The van der Waals surface area contributed by atoms with Crippen molar-refractivity contribution in [1.82, 2.24) is 0 Å². The Morgan fingerprint density at radius 2 is 1.96 bits per heavy atom. The van der Waals surface area contributed by atoms with E-state index in [0.717, 1.165) is 36.1 Å². The molecule has 4 nitrogen and oxygen atoms in total. The maximum absolute atomic E-state index is 12.7. The van der Waals surface area contributed by atoms with Crippen LogP contribution in [0.25, 0.3) is 0 Å². The van der Waals surface area contributed by atoms with Crippen molar-refractivity contribution in [2.75, 3.05) is 18.7 Å². The lowest BCUT2D eigenvalue weighted by atomic mass is 9.95. The first-order valence-corrected chi connectivity index (χ1v) is 9.87. The van der Waals surface area contributed by atoms with Crippen molar-refractivity contribution < 1.29 is 14.3 Å². The average Bonchev–Trinajstić information content (AvgIpc) is 2.98. The first kappa shape index (κ1) is 17.0. The van der Waals surface area contributed by atoms with Crippen LogP contribution in [0.2, 0.25) is 0 Å². The molecule has 0 saturated heterocycles. The molecule has 3 rings (SSSR count). The van der Waals surface area contributed by atoms with Crippen LogP contribution in [0.3, 0.4) is 0 Å². The molecule has 0 saturated carbocycles. The van der Waals surface area contributed by atoms with Gasteiger partial charge < -0.3 is 10.1 Å². The normalized spacial score (nSPS) is 13.2. The zero-order valence-corrected chi connectivity index (χ0v) is 15.3. The third-order valence-electron chi connectivity index (χ3n) is 4.14. The van der Waals surface area contributed by atoms with Gasteiger partial charge in [0.25, 0.3) is 5.91 Å². The van der Waals surface area contributed by atoms with Crippen molar-refractivity contribution in [3.63, 3.8) is 0 Å². The van der Waals surface area contributed by atoms with Crippen molar-refractivity contribution in [1.29, 1.82) is 0 Å². The highest BCUT2D eigenvalue weighted by atomic mass is 32.2. The lowest BCUT2D eigenvalue weighted by Gasteiger charge is -2.12. The van der Waals surface area contributed by atoms with E-state index < -0.39 is 0 Å². The van der Waals surface area contributed by atoms with E-state index in [0.29, 0.717) is 16.1 Å². The Morgan fingerprint density at radius 3 is 2.71 bits per heavy atom. The number of fused-ring (bicyclic) bond motifs is 1. The summed E-state index contributed by atoms with van der Waals surface area (Å²) in [5.74, 6) is -0.563. The number of methoxy groups -OCH3 is 1. The molecular formula is C18H19NO3S2. The fourth-order valence-corrected chi connectivity index (χ4v) is 4.84. The van der Waals surface area contributed by atoms with Crippen LogP contribution in [0.1, 0.15) is 44.0 Å². The Morgan fingerprint density at radius 1 is 1.21 bits per heavy atom. The molecule has 1 heterocycles. The first-order valence-electron chi connectivity index (χ1n) is 7.83. The largest absolute Gasteiger partial charge is 0.465 e. The number of thiophene rings is 1. The van der Waals surface area contributed by atoms with Gasteiger partial charge in [-0.05, 0) is 49.6 Å². The first-order chi connectivity index (χ1) is 11.7. The maximum Gasteiger partial charge on any atom is 0.341 e. The highest BCUT2D eigenvalue weighted by Gasteiger charge is 2.27. The van der Waals surface area contributed by atoms with Crippen molar-refractivity contribution in [2.45, 2.75) is 30.6 Å². The van der Waals surface area contributed by atoms with Gasteiger partial charge in [-0.25, -0.2) is 4.79 Å². The molecule has 126 valence electrons. The van der Waals surface area contributed by atoms with Gasteiger partial charge in [0, 0.05) is 9.77 Å². The third kappa shape index (κ3) is 3.21. The molecule has 6 heteroatoms. The summed E-state index contributed by atoms with van der Waals surface area (Å²) in [6.45, 7) is 0. The third-order valence-corrected chi connectivity index (χ3v) is 6.14. The van der Waals surface area contributed by atoms with Gasteiger partial charge >= 0.3 is 5.97 Å². The van der Waals surface area contributed by atoms with E-state index in [1.54, 1.807) is 6.07 Å². The molecule has 1 aliphatic carbocycles. The number of rotatable bonds is 4. The van der Waals surface area contributed by atoms with E-state index in [9.17, 15) is 9.59 Å². The summed E-state index contributed by atoms with van der Waals surface area (Å²) < 4.78 is 4.95. The minimum absolute atomic E-state index is 0.191. The van der Waals surface area contributed by atoms with Gasteiger partial charge in [-0.15, -0.1) is 23.1 Å². The quantitative estimate of drug-likeness (QED) is 0.648. The number of aryl methyl sites for hydroxylation is 1. The predicted molar refractivity (Wildman–Crippen MR) is 98.5 cm³/mol. The summed E-state index contributed by atoms with van der Waals surface area (Å²) >= 11 is 3.03. The van der Waals surface area contributed by atoms with Crippen LogP contribution in [0.5, 0.6) is 0 Å². The molecule has 2 aromatic rings. The van der Waals surface area contributed by atoms with Gasteiger partial charge in [0.05, 0.1) is 18.2 Å². The molecule has 0 atom stereocenters. The van der Waals surface area contributed by atoms with Crippen molar-refractivity contribution in [3.8, 4) is 0 Å². The van der Waals surface area contributed by atoms with E-state index >= 15 is 0 Å². The molecule has 24 heavy (non-hydrogen) atoms. The number of nitrogens with one attached hydrogen (secondary N) is 1. The second-order valence-electron chi connectivity index (χ2n) is 5.56. The number of benzene rings is 1. The number of hydrogen-bond donors (Lipinski definition) is 1. The smallest absolute Gasteiger partial charge is 0.341 e. The van der Waals surface area contributed by atoms with Crippen LogP contribution in [-0.2, 0) is 17.6 Å². The maximum atomic E-state index is 12.7. The lowest BCUT2D eigenvalue weighted by molar-refractivity contribution is 0.0601. The SMILES string of the molecule is COC(=O)c1c(NC(=O)c2ccccc2SC)sc2c1CCCC2. The molecular weight excluding hydrogens is 342 g/mol. The fraction of sp³-hybridized carbons (Fsp3) is 0.333. The molecule has 1 amide bonds. The minimum Gasteiger partial charge on any atom is -0.465 e. The van der Waals surface area contributed by atoms with Gasteiger partial charge in [0.1, 0.15) is 5.00 Å². The van der Waals surface area contributed by atoms with Gasteiger partial charge in [0.15, 0.2) is 0 Å². The molecule has 1 aliphatic rings. The Labute approximate surface area is 149 Å². The second-order valence-corrected chi connectivity index (χ2v) is 7.51. The molecule has 0 aliphatic heterocycles. The standard InChI is InChI=1S/C18H19NO3S2/c1-22-18(21)15-11-7-3-6-10-14(11)24-17(15)19-16(20)12-8-4-5-9-13(12)23-2/h4-5,8-9H,3,6-7,10H2,1-2H3,(H,19,20). The summed E-state index contributed by atoms with van der Waals surface area (Å²) in [6, 6.07) is 7.47. The van der Waals surface area contributed by atoms with Crippen molar-refractivity contribution in [2.24, 2.45) is 0 Å². The number of anilines is 1. The molecule has 0 spiro atoms. The van der Waals surface area contributed by atoms with E-state index in [4.69, 9.17) is 4.74 Å². The van der Waals surface area contributed by atoms with Gasteiger partial charge in [-0.2, -0.15) is 0 Å². The molecule has 0 radical (unpaired) electrons. The number of esters is 1. The summed E-state index contributed by atoms with van der Waals surface area (Å²) in [5.41, 5.74) is 2.20. The zero-order chi connectivity index (χ0) is 17.1. The van der Waals surface area contributed by atoms with Crippen molar-refractivity contribution >= 4 is 40.0 Å². The zero-order valence-electron chi connectivity index (χ0n) is 13.7. The Hall–Kier alpha value is -1.79. The van der Waals surface area contributed by atoms with Crippen LogP contribution < -0.4 is 5.32 Å². The average molecular weight is 361 g/mol. The molecule has 0 bridgehead atoms. The number of hydrogen-bond acceptors (Lipinski definition) is 5. The Bertz CT molecular complexity index is 783. The minimum atomic E-state index is -0.372. The number of carbonyl (C=O) groups excluding carboxylic acids is 2. The predicted octanol–water partition coefficient (Wildman–Crippen LogP) is 4.39. The number of ether oxygens (including phenoxy) is 1. The monoisotopic (exact) mass is 361 g/mol. The number of amides is 1. The molecule has 0 unspecified atom stereocenters. The second kappa shape index (κ2) is 7.40. The number of carbonyl (C=O) groups is 2. The fourth-order valence-electron chi connectivity index (χ4n) is 2.97. The highest BCUT2D eigenvalue weighted by Crippen LogP contribution is 2.39. The van der Waals surface area contributed by atoms with Crippen molar-refractivity contribution in [3.05, 3.63) is 45.8 Å². The van der Waals surface area contributed by atoms with Gasteiger partial charge in [0.2, 0.25) is 0 Å².